The number of halogens is 1. The second kappa shape index (κ2) is 12.6. The molecule has 37 heavy (non-hydrogen) atoms. The van der Waals surface area contributed by atoms with Crippen molar-refractivity contribution in [3.05, 3.63) is 53.3 Å². The Labute approximate surface area is 213 Å². The molecule has 2 aromatic rings. The van der Waals surface area contributed by atoms with E-state index in [1.54, 1.807) is 24.3 Å². The zero-order valence-electron chi connectivity index (χ0n) is 20.2. The van der Waals surface area contributed by atoms with Crippen LogP contribution < -0.4 is 33.2 Å². The van der Waals surface area contributed by atoms with Crippen LogP contribution in [0.2, 0.25) is 0 Å². The maximum absolute atomic E-state index is 14.8. The smallest absolute Gasteiger partial charge is 0.243 e. The molecule has 0 saturated carbocycles. The second-order valence-corrected chi connectivity index (χ2v) is 8.99. The van der Waals surface area contributed by atoms with Crippen LogP contribution in [0.4, 0.5) is 4.39 Å². The summed E-state index contributed by atoms with van der Waals surface area (Å²) in [6.45, 7) is 0.106. The SMILES string of the molecule is NCCNC(=O)C1Cc2cc(ccc2F)-c2ccc(O)c(c2)CC(N)C(=O)N[C@@H](C[C@@H](O)CN)C(=O)N1. The van der Waals surface area contributed by atoms with Gasteiger partial charge in [0, 0.05) is 38.9 Å². The highest BCUT2D eigenvalue weighted by molar-refractivity contribution is 5.93. The molecule has 4 atom stereocenters. The standard InChI is InChI=1S/C25H33FN6O5/c26-18-3-1-13-7-15(18)10-20(24(36)30-6-5-27)32-25(37)21(11-17(33)12-28)31-23(35)19(29)9-16-8-14(13)2-4-22(16)34/h1-4,7-8,17,19-21,33-34H,5-6,9-12,27-29H2,(H,30,36)(H,31,35)(H,32,37)/t17-,19?,20?,21+/m1/s1. The summed E-state index contributed by atoms with van der Waals surface area (Å²) in [5.41, 5.74) is 18.8. The number of aromatic hydroxyl groups is 1. The molecule has 1 aliphatic heterocycles. The third-order valence-electron chi connectivity index (χ3n) is 6.15. The summed E-state index contributed by atoms with van der Waals surface area (Å²) in [5, 5.41) is 28.1. The first kappa shape index (κ1) is 28.0. The minimum Gasteiger partial charge on any atom is -0.508 e. The number of fused-ring (bicyclic) bond motifs is 5. The van der Waals surface area contributed by atoms with Gasteiger partial charge in [-0.3, -0.25) is 14.4 Å². The average molecular weight is 517 g/mol. The van der Waals surface area contributed by atoms with Crippen molar-refractivity contribution in [1.82, 2.24) is 16.0 Å². The molecule has 11 N–H and O–H groups in total. The van der Waals surface area contributed by atoms with Gasteiger partial charge in [-0.2, -0.15) is 0 Å². The zero-order valence-corrected chi connectivity index (χ0v) is 20.2. The first-order valence-electron chi connectivity index (χ1n) is 12.0. The second-order valence-electron chi connectivity index (χ2n) is 8.99. The van der Waals surface area contributed by atoms with Crippen LogP contribution in [0.15, 0.2) is 36.4 Å². The van der Waals surface area contributed by atoms with E-state index in [0.717, 1.165) is 0 Å². The lowest BCUT2D eigenvalue weighted by atomic mass is 9.95. The highest BCUT2D eigenvalue weighted by Gasteiger charge is 2.30. The van der Waals surface area contributed by atoms with Gasteiger partial charge in [-0.05, 0) is 46.5 Å². The number of rotatable bonds is 6. The predicted octanol–water partition coefficient (Wildman–Crippen LogP) is -1.62. The third-order valence-corrected chi connectivity index (χ3v) is 6.15. The van der Waals surface area contributed by atoms with Gasteiger partial charge in [0.1, 0.15) is 23.7 Å². The summed E-state index contributed by atoms with van der Waals surface area (Å²) in [6.07, 6.45) is -1.64. The lowest BCUT2D eigenvalue weighted by Crippen LogP contribution is -2.57. The van der Waals surface area contributed by atoms with E-state index in [-0.39, 0.29) is 50.2 Å². The molecule has 0 spiro atoms. The van der Waals surface area contributed by atoms with E-state index in [1.165, 1.54) is 12.1 Å². The summed E-state index contributed by atoms with van der Waals surface area (Å²) < 4.78 is 14.8. The van der Waals surface area contributed by atoms with E-state index >= 15 is 0 Å². The number of phenols is 1. The zero-order chi connectivity index (χ0) is 27.1. The van der Waals surface area contributed by atoms with Crippen LogP contribution in [0.25, 0.3) is 11.1 Å². The third kappa shape index (κ3) is 7.23. The van der Waals surface area contributed by atoms with Gasteiger partial charge < -0.3 is 43.4 Å². The van der Waals surface area contributed by atoms with Crippen LogP contribution in [0, 0.1) is 5.82 Å². The normalized spacial score (nSPS) is 21.2. The molecule has 1 aliphatic rings. The van der Waals surface area contributed by atoms with Gasteiger partial charge in [-0.1, -0.05) is 12.1 Å². The number of nitrogens with one attached hydrogen (secondary N) is 3. The molecule has 11 nitrogen and oxygen atoms in total. The van der Waals surface area contributed by atoms with Crippen LogP contribution in [-0.2, 0) is 27.2 Å². The Balaban J connectivity index is 2.09. The van der Waals surface area contributed by atoms with Crippen molar-refractivity contribution in [2.75, 3.05) is 19.6 Å². The van der Waals surface area contributed by atoms with Gasteiger partial charge in [0.05, 0.1) is 12.1 Å². The van der Waals surface area contributed by atoms with Crippen LogP contribution in [0.3, 0.4) is 0 Å². The molecule has 200 valence electrons. The Morgan fingerprint density at radius 3 is 2.41 bits per heavy atom. The summed E-state index contributed by atoms with van der Waals surface area (Å²) in [4.78, 5) is 39.0. The van der Waals surface area contributed by atoms with Crippen molar-refractivity contribution < 1.29 is 29.0 Å². The molecule has 0 aliphatic carbocycles. The fraction of sp³-hybridized carbons (Fsp3) is 0.400. The van der Waals surface area contributed by atoms with Crippen molar-refractivity contribution in [2.24, 2.45) is 17.2 Å². The van der Waals surface area contributed by atoms with E-state index in [2.05, 4.69) is 16.0 Å². The van der Waals surface area contributed by atoms with Gasteiger partial charge >= 0.3 is 0 Å². The topological polar surface area (TPSA) is 206 Å². The molecule has 4 bridgehead atoms. The molecule has 3 amide bonds. The van der Waals surface area contributed by atoms with Gasteiger partial charge in [0.25, 0.3) is 0 Å². The number of nitrogens with two attached hydrogens (primary N) is 3. The van der Waals surface area contributed by atoms with E-state index in [1.807, 2.05) is 0 Å². The Hall–Kier alpha value is -3.58. The number of phenolic OH excluding ortho intramolecular Hbond substituents is 1. The quantitative estimate of drug-likeness (QED) is 0.223. The molecule has 0 saturated heterocycles. The van der Waals surface area contributed by atoms with Gasteiger partial charge in [0.15, 0.2) is 0 Å². The molecule has 0 aromatic heterocycles. The number of aliphatic hydroxyl groups is 1. The van der Waals surface area contributed by atoms with E-state index < -0.39 is 47.8 Å². The molecule has 12 heteroatoms. The van der Waals surface area contributed by atoms with E-state index in [9.17, 15) is 29.0 Å². The van der Waals surface area contributed by atoms with Crippen LogP contribution in [0.1, 0.15) is 17.5 Å². The minimum atomic E-state index is -1.29. The Morgan fingerprint density at radius 1 is 1.05 bits per heavy atom. The Morgan fingerprint density at radius 2 is 1.73 bits per heavy atom. The Bertz CT molecular complexity index is 1150. The molecule has 2 unspecified atom stereocenters. The lowest BCUT2D eigenvalue weighted by Gasteiger charge is -2.25. The number of aliphatic hydroxyl groups excluding tert-OH is 1. The van der Waals surface area contributed by atoms with Crippen molar-refractivity contribution in [2.45, 2.75) is 43.5 Å². The highest BCUT2D eigenvalue weighted by Crippen LogP contribution is 2.28. The van der Waals surface area contributed by atoms with Crippen molar-refractivity contribution in [3.63, 3.8) is 0 Å². The molecule has 3 rings (SSSR count). The van der Waals surface area contributed by atoms with E-state index in [0.29, 0.717) is 16.7 Å². The first-order valence-corrected chi connectivity index (χ1v) is 12.0. The highest BCUT2D eigenvalue weighted by atomic mass is 19.1. The summed E-state index contributed by atoms with van der Waals surface area (Å²) >= 11 is 0. The fourth-order valence-corrected chi connectivity index (χ4v) is 4.07. The fourth-order valence-electron chi connectivity index (χ4n) is 4.07. The molecular formula is C25H33FN6O5. The molecule has 1 heterocycles. The van der Waals surface area contributed by atoms with Crippen LogP contribution >= 0.6 is 0 Å². The number of hydrogen-bond acceptors (Lipinski definition) is 8. The van der Waals surface area contributed by atoms with Gasteiger partial charge in [0.2, 0.25) is 17.7 Å². The molecule has 0 radical (unpaired) electrons. The first-order chi connectivity index (χ1) is 17.6. The van der Waals surface area contributed by atoms with Crippen LogP contribution in [0.5, 0.6) is 5.75 Å². The van der Waals surface area contributed by atoms with Gasteiger partial charge in [-0.15, -0.1) is 0 Å². The monoisotopic (exact) mass is 516 g/mol. The summed E-state index contributed by atoms with van der Waals surface area (Å²) in [5.74, 6) is -2.75. The molecule has 0 fully saturated rings. The molecular weight excluding hydrogens is 483 g/mol. The average Bonchev–Trinajstić information content (AvgIpc) is 2.88. The number of carbonyl (C=O) groups excluding carboxylic acids is 3. The lowest BCUT2D eigenvalue weighted by molar-refractivity contribution is -0.133. The summed E-state index contributed by atoms with van der Waals surface area (Å²) in [7, 11) is 0. The largest absolute Gasteiger partial charge is 0.508 e. The minimum absolute atomic E-state index is 0.0581. The maximum atomic E-state index is 14.8. The number of amides is 3. The Kier molecular flexibility index (Phi) is 9.53. The number of hydrogen-bond donors (Lipinski definition) is 8. The van der Waals surface area contributed by atoms with Crippen molar-refractivity contribution in [1.29, 1.82) is 0 Å². The van der Waals surface area contributed by atoms with Crippen molar-refractivity contribution >= 4 is 17.7 Å². The molecule has 2 aromatic carbocycles. The number of carbonyl (C=O) groups is 3. The van der Waals surface area contributed by atoms with Gasteiger partial charge in [-0.25, -0.2) is 4.39 Å². The van der Waals surface area contributed by atoms with Crippen LogP contribution in [-0.4, -0.2) is 71.8 Å². The predicted molar refractivity (Wildman–Crippen MR) is 134 cm³/mol. The van der Waals surface area contributed by atoms with Crippen molar-refractivity contribution in [3.8, 4) is 16.9 Å². The number of benzene rings is 2. The van der Waals surface area contributed by atoms with E-state index in [4.69, 9.17) is 17.2 Å². The summed E-state index contributed by atoms with van der Waals surface area (Å²) in [6, 6.07) is 5.43. The maximum Gasteiger partial charge on any atom is 0.243 e.